The third-order valence-corrected chi connectivity index (χ3v) is 3.26. The maximum Gasteiger partial charge on any atom is 1.00 e. The zero-order valence-electron chi connectivity index (χ0n) is 17.9. The van der Waals surface area contributed by atoms with Gasteiger partial charge in [0.2, 0.25) is 0 Å². The Balaban J connectivity index is -0.000000563. The summed E-state index contributed by atoms with van der Waals surface area (Å²) in [4.78, 5) is 57.6. The van der Waals surface area contributed by atoms with Crippen molar-refractivity contribution in [3.05, 3.63) is 0 Å². The van der Waals surface area contributed by atoms with Crippen LogP contribution in [-0.4, -0.2) is 129 Å². The van der Waals surface area contributed by atoms with Crippen molar-refractivity contribution in [2.24, 2.45) is 0 Å². The molecule has 0 saturated heterocycles. The summed E-state index contributed by atoms with van der Waals surface area (Å²) >= 11 is 0. The molecular formula is C14H23MnN3Na3O10+3. The Hall–Kier alpha value is 0.749. The molecule has 0 aromatic rings. The van der Waals surface area contributed by atoms with Gasteiger partial charge in [-0.2, -0.15) is 0 Å². The summed E-state index contributed by atoms with van der Waals surface area (Å²) in [5, 5.41) is 44.1. The molecule has 13 nitrogen and oxygen atoms in total. The zero-order chi connectivity index (χ0) is 21.0. The molecule has 17 heteroatoms. The second-order valence-electron chi connectivity index (χ2n) is 5.67. The van der Waals surface area contributed by atoms with E-state index in [9.17, 15) is 24.0 Å². The van der Waals surface area contributed by atoms with Crippen LogP contribution in [0.15, 0.2) is 0 Å². The summed E-state index contributed by atoms with van der Waals surface area (Å²) in [6, 6.07) is 0. The summed E-state index contributed by atoms with van der Waals surface area (Å²) in [6.45, 7) is -2.74. The van der Waals surface area contributed by atoms with Crippen molar-refractivity contribution < 1.29 is 155 Å². The Morgan fingerprint density at radius 3 is 0.774 bits per heavy atom. The predicted octanol–water partition coefficient (Wildman–Crippen LogP) is -11.7. The van der Waals surface area contributed by atoms with Crippen LogP contribution < -0.4 is 88.7 Å². The molecule has 0 aliphatic carbocycles. The molecule has 0 saturated carbocycles. The van der Waals surface area contributed by atoms with Gasteiger partial charge in [-0.15, -0.1) is 0 Å². The Morgan fingerprint density at radius 2 is 0.581 bits per heavy atom. The minimum atomic E-state index is -1.24. The van der Waals surface area contributed by atoms with Crippen LogP contribution in [0.25, 0.3) is 0 Å². The van der Waals surface area contributed by atoms with Gasteiger partial charge in [0.1, 0.15) is 0 Å². The van der Waals surface area contributed by atoms with E-state index in [0.717, 1.165) is 9.80 Å². The smallest absolute Gasteiger partial charge is 0.480 e. The third-order valence-electron chi connectivity index (χ3n) is 3.26. The average molecular weight is 517 g/mol. The van der Waals surface area contributed by atoms with E-state index in [1.54, 1.807) is 0 Å². The van der Waals surface area contributed by atoms with E-state index in [0.29, 0.717) is 0 Å². The van der Waals surface area contributed by atoms with E-state index in [4.69, 9.17) is 25.5 Å². The van der Waals surface area contributed by atoms with E-state index in [1.165, 1.54) is 4.90 Å². The normalized spacial score (nSPS) is 9.65. The van der Waals surface area contributed by atoms with E-state index in [1.807, 2.05) is 0 Å². The summed E-state index contributed by atoms with van der Waals surface area (Å²) in [5.74, 6) is -6.16. The molecule has 0 heterocycles. The van der Waals surface area contributed by atoms with Crippen LogP contribution in [0.5, 0.6) is 0 Å². The maximum atomic E-state index is 11.0. The number of carbonyl (C=O) groups is 5. The van der Waals surface area contributed by atoms with Gasteiger partial charge in [-0.05, 0) is 0 Å². The van der Waals surface area contributed by atoms with Crippen molar-refractivity contribution in [1.82, 2.24) is 14.7 Å². The van der Waals surface area contributed by atoms with Crippen LogP contribution in [0.2, 0.25) is 0 Å². The van der Waals surface area contributed by atoms with Crippen molar-refractivity contribution >= 4 is 29.8 Å². The predicted molar refractivity (Wildman–Crippen MR) is 87.5 cm³/mol. The van der Waals surface area contributed by atoms with Crippen molar-refractivity contribution in [2.45, 2.75) is 0 Å². The molecule has 31 heavy (non-hydrogen) atoms. The molecule has 0 aromatic carbocycles. The van der Waals surface area contributed by atoms with Crippen LogP contribution in [0.4, 0.5) is 0 Å². The number of hydrogen-bond donors (Lipinski definition) is 5. The number of nitrogens with zero attached hydrogens (tertiary/aromatic N) is 3. The SMILES string of the molecule is O=C(O)CN(CCN(CC(=O)O)CC(=O)O)CCN(CC(=O)O)CC(=O)O.[Mn].[Na+].[Na+].[Na+]. The summed E-state index contributed by atoms with van der Waals surface area (Å²) in [7, 11) is 0. The third kappa shape index (κ3) is 26.9. The second-order valence-corrected chi connectivity index (χ2v) is 5.67. The monoisotopic (exact) mass is 517 g/mol. The van der Waals surface area contributed by atoms with Crippen LogP contribution in [0.1, 0.15) is 0 Å². The standard InChI is InChI=1S/C14H23N3O10.Mn.3Na/c18-10(19)5-15(1-3-16(6-11(20)21)7-12(22)23)2-4-17(8-13(24)25)9-14(26)27;;;;/h1-9H2,(H,18,19)(H,20,21)(H,22,23)(H,24,25)(H,26,27);;;;/q;;3*+1. The fourth-order valence-corrected chi connectivity index (χ4v) is 2.22. The minimum absolute atomic E-state index is 0. The number of carboxylic acids is 5. The van der Waals surface area contributed by atoms with Crippen LogP contribution in [-0.2, 0) is 41.0 Å². The number of hydrogen-bond acceptors (Lipinski definition) is 8. The quantitative estimate of drug-likeness (QED) is 0.121. The van der Waals surface area contributed by atoms with Gasteiger partial charge >= 0.3 is 119 Å². The molecule has 0 rings (SSSR count). The van der Waals surface area contributed by atoms with Crippen LogP contribution in [0, 0.1) is 0 Å². The van der Waals surface area contributed by atoms with Crippen molar-refractivity contribution in [3.8, 4) is 0 Å². The molecule has 0 amide bonds. The molecule has 0 bridgehead atoms. The van der Waals surface area contributed by atoms with Crippen molar-refractivity contribution in [1.29, 1.82) is 0 Å². The molecule has 5 N–H and O–H groups in total. The van der Waals surface area contributed by atoms with E-state index >= 15 is 0 Å². The van der Waals surface area contributed by atoms with Gasteiger partial charge in [-0.25, -0.2) is 0 Å². The topological polar surface area (TPSA) is 196 Å². The second kappa shape index (κ2) is 23.9. The first-order chi connectivity index (χ1) is 12.5. The van der Waals surface area contributed by atoms with Gasteiger partial charge < -0.3 is 25.5 Å². The van der Waals surface area contributed by atoms with Gasteiger partial charge in [0.05, 0.1) is 32.7 Å². The maximum absolute atomic E-state index is 11.0. The summed E-state index contributed by atoms with van der Waals surface area (Å²) in [5.41, 5.74) is 0. The van der Waals surface area contributed by atoms with E-state index in [2.05, 4.69) is 0 Å². The fraction of sp³-hybridized carbons (Fsp3) is 0.643. The Bertz CT molecular complexity index is 502. The zero-order valence-corrected chi connectivity index (χ0v) is 25.0. The molecule has 0 unspecified atom stereocenters. The summed E-state index contributed by atoms with van der Waals surface area (Å²) in [6.07, 6.45) is 0. The first kappa shape index (κ1) is 42.0. The molecule has 0 fully saturated rings. The van der Waals surface area contributed by atoms with Gasteiger partial charge in [-0.3, -0.25) is 38.7 Å². The van der Waals surface area contributed by atoms with Crippen LogP contribution >= 0.6 is 0 Å². The Labute approximate surface area is 255 Å². The van der Waals surface area contributed by atoms with Gasteiger partial charge in [0.15, 0.2) is 0 Å². The van der Waals surface area contributed by atoms with Crippen molar-refractivity contribution in [2.75, 3.05) is 58.9 Å². The molecule has 0 aliphatic heterocycles. The Kier molecular flexibility index (Phi) is 32.3. The van der Waals surface area contributed by atoms with Gasteiger partial charge in [-0.1, -0.05) is 0 Å². The average Bonchev–Trinajstić information content (AvgIpc) is 2.46. The largest absolute Gasteiger partial charge is 1.00 e. The van der Waals surface area contributed by atoms with Gasteiger partial charge in [0.25, 0.3) is 0 Å². The fourth-order valence-electron chi connectivity index (χ4n) is 2.22. The molecule has 0 spiro atoms. The molecular weight excluding hydrogens is 494 g/mol. The molecule has 1 radical (unpaired) electrons. The summed E-state index contributed by atoms with van der Waals surface area (Å²) < 4.78 is 0. The molecule has 161 valence electrons. The first-order valence-corrected chi connectivity index (χ1v) is 7.75. The number of aliphatic carboxylic acids is 5. The number of rotatable bonds is 16. The van der Waals surface area contributed by atoms with Crippen molar-refractivity contribution in [3.63, 3.8) is 0 Å². The minimum Gasteiger partial charge on any atom is -0.480 e. The van der Waals surface area contributed by atoms with Gasteiger partial charge in [0, 0.05) is 43.2 Å². The molecule has 0 atom stereocenters. The molecule has 0 aromatic heterocycles. The van der Waals surface area contributed by atoms with E-state index < -0.39 is 62.6 Å². The Morgan fingerprint density at radius 1 is 0.419 bits per heavy atom. The first-order valence-electron chi connectivity index (χ1n) is 7.75. The number of carboxylic acid groups (broad SMARTS) is 5. The van der Waals surface area contributed by atoms with E-state index in [-0.39, 0.29) is 132 Å². The molecule has 0 aliphatic rings. The van der Waals surface area contributed by atoms with Crippen LogP contribution in [0.3, 0.4) is 0 Å².